The molecular weight excluding hydrogens is 462 g/mol. The molecule has 0 bridgehead atoms. The molecule has 1 fully saturated rings. The number of carbonyl (C=O) groups is 1. The summed E-state index contributed by atoms with van der Waals surface area (Å²) in [5.41, 5.74) is 1.15. The minimum Gasteiger partial charge on any atom is -0.388 e. The molecule has 1 heterocycles. The molecule has 0 aliphatic carbocycles. The summed E-state index contributed by atoms with van der Waals surface area (Å²) >= 11 is 0. The zero-order chi connectivity index (χ0) is 24.9. The third kappa shape index (κ3) is 6.84. The Hall–Kier alpha value is -2.36. The summed E-state index contributed by atoms with van der Waals surface area (Å²) in [7, 11) is -3.28. The Bertz CT molecular complexity index is 1080. The van der Waals surface area contributed by atoms with Gasteiger partial charge in [-0.1, -0.05) is 25.1 Å². The number of amides is 1. The van der Waals surface area contributed by atoms with E-state index in [-0.39, 0.29) is 22.8 Å². The van der Waals surface area contributed by atoms with Crippen LogP contribution in [0.3, 0.4) is 0 Å². The number of halogens is 2. The van der Waals surface area contributed by atoms with Gasteiger partial charge in [0.15, 0.2) is 21.5 Å². The zero-order valence-corrected chi connectivity index (χ0v) is 20.3. The fourth-order valence-electron chi connectivity index (χ4n) is 4.31. The number of benzene rings is 2. The predicted molar refractivity (Wildman–Crippen MR) is 126 cm³/mol. The molecule has 3 rings (SSSR count). The number of nitrogens with one attached hydrogen (secondary N) is 1. The summed E-state index contributed by atoms with van der Waals surface area (Å²) in [4.78, 5) is 15.3. The SMILES string of the molecule is CCC(C(=O)NC1CCN(CCC(O)c2ccc(F)c(F)c2)CC1)c1ccc(S(C)(=O)=O)cc1. The van der Waals surface area contributed by atoms with Gasteiger partial charge in [0, 0.05) is 31.9 Å². The molecule has 0 radical (unpaired) electrons. The molecule has 2 aromatic carbocycles. The van der Waals surface area contributed by atoms with Crippen molar-refractivity contribution in [3.05, 3.63) is 65.2 Å². The highest BCUT2D eigenvalue weighted by atomic mass is 32.2. The molecule has 34 heavy (non-hydrogen) atoms. The molecule has 0 spiro atoms. The van der Waals surface area contributed by atoms with Gasteiger partial charge in [0.25, 0.3) is 0 Å². The van der Waals surface area contributed by atoms with Crippen LogP contribution in [0.5, 0.6) is 0 Å². The van der Waals surface area contributed by atoms with E-state index >= 15 is 0 Å². The number of likely N-dealkylation sites (tertiary alicyclic amines) is 1. The lowest BCUT2D eigenvalue weighted by atomic mass is 9.94. The van der Waals surface area contributed by atoms with Crippen molar-refractivity contribution in [2.75, 3.05) is 25.9 Å². The Morgan fingerprint density at radius 1 is 1.09 bits per heavy atom. The number of carbonyl (C=O) groups excluding carboxylic acids is 1. The van der Waals surface area contributed by atoms with E-state index < -0.39 is 27.6 Å². The van der Waals surface area contributed by atoms with Crippen LogP contribution in [0.15, 0.2) is 47.4 Å². The summed E-state index contributed by atoms with van der Waals surface area (Å²) in [5.74, 6) is -2.32. The maximum atomic E-state index is 13.4. The molecular formula is C25H32F2N2O4S. The van der Waals surface area contributed by atoms with E-state index in [2.05, 4.69) is 10.2 Å². The Morgan fingerprint density at radius 3 is 2.26 bits per heavy atom. The topological polar surface area (TPSA) is 86.7 Å². The molecule has 2 atom stereocenters. The number of piperidine rings is 1. The summed E-state index contributed by atoms with van der Waals surface area (Å²) in [5, 5.41) is 13.4. The Morgan fingerprint density at radius 2 is 1.71 bits per heavy atom. The van der Waals surface area contributed by atoms with E-state index in [9.17, 15) is 27.1 Å². The van der Waals surface area contributed by atoms with Crippen LogP contribution in [0.2, 0.25) is 0 Å². The van der Waals surface area contributed by atoms with Gasteiger partial charge in [-0.2, -0.15) is 0 Å². The van der Waals surface area contributed by atoms with Crippen LogP contribution in [0.25, 0.3) is 0 Å². The van der Waals surface area contributed by atoms with Crippen molar-refractivity contribution in [3.8, 4) is 0 Å². The molecule has 2 aromatic rings. The molecule has 0 aromatic heterocycles. The zero-order valence-electron chi connectivity index (χ0n) is 19.5. The average molecular weight is 495 g/mol. The highest BCUT2D eigenvalue weighted by molar-refractivity contribution is 7.90. The molecule has 1 amide bonds. The van der Waals surface area contributed by atoms with Gasteiger partial charge >= 0.3 is 0 Å². The van der Waals surface area contributed by atoms with Gasteiger partial charge in [0.05, 0.1) is 16.9 Å². The second-order valence-electron chi connectivity index (χ2n) is 8.90. The first-order valence-electron chi connectivity index (χ1n) is 11.5. The number of hydrogen-bond donors (Lipinski definition) is 2. The Kier molecular flexibility index (Phi) is 8.78. The van der Waals surface area contributed by atoms with Gasteiger partial charge in [-0.25, -0.2) is 17.2 Å². The van der Waals surface area contributed by atoms with E-state index in [0.717, 1.165) is 49.9 Å². The lowest BCUT2D eigenvalue weighted by molar-refractivity contribution is -0.123. The predicted octanol–water partition coefficient (Wildman–Crippen LogP) is 3.57. The Balaban J connectivity index is 1.47. The van der Waals surface area contributed by atoms with E-state index in [1.165, 1.54) is 18.2 Å². The van der Waals surface area contributed by atoms with Crippen molar-refractivity contribution in [2.45, 2.75) is 55.6 Å². The van der Waals surface area contributed by atoms with Crippen LogP contribution in [0, 0.1) is 11.6 Å². The third-order valence-electron chi connectivity index (χ3n) is 6.42. The van der Waals surface area contributed by atoms with E-state index in [0.29, 0.717) is 24.9 Å². The van der Waals surface area contributed by atoms with Crippen molar-refractivity contribution < 1.29 is 27.1 Å². The summed E-state index contributed by atoms with van der Waals surface area (Å²) < 4.78 is 49.8. The van der Waals surface area contributed by atoms with Crippen LogP contribution >= 0.6 is 0 Å². The molecule has 9 heteroatoms. The van der Waals surface area contributed by atoms with Gasteiger partial charge in [-0.15, -0.1) is 0 Å². The summed E-state index contributed by atoms with van der Waals surface area (Å²) in [6.07, 6.45) is 2.84. The standard InChI is InChI=1S/C25H32F2N2O4S/c1-3-21(17-4-7-20(8-5-17)34(2,32)33)25(31)28-19-10-13-29(14-11-19)15-12-24(30)18-6-9-22(26)23(27)16-18/h4-9,16,19,21,24,30H,3,10-15H2,1-2H3,(H,28,31). The third-order valence-corrected chi connectivity index (χ3v) is 7.54. The van der Waals surface area contributed by atoms with Crippen molar-refractivity contribution >= 4 is 15.7 Å². The van der Waals surface area contributed by atoms with Crippen LogP contribution in [-0.4, -0.2) is 56.3 Å². The van der Waals surface area contributed by atoms with E-state index in [1.807, 2.05) is 6.92 Å². The van der Waals surface area contributed by atoms with Crippen LogP contribution < -0.4 is 5.32 Å². The first kappa shape index (κ1) is 26.2. The molecule has 1 saturated heterocycles. The highest BCUT2D eigenvalue weighted by Crippen LogP contribution is 2.24. The molecule has 2 N–H and O–H groups in total. The molecule has 2 unspecified atom stereocenters. The number of nitrogens with zero attached hydrogens (tertiary/aromatic N) is 1. The maximum Gasteiger partial charge on any atom is 0.227 e. The minimum absolute atomic E-state index is 0.0456. The van der Waals surface area contributed by atoms with Crippen molar-refractivity contribution in [3.63, 3.8) is 0 Å². The van der Waals surface area contributed by atoms with Crippen LogP contribution in [0.4, 0.5) is 8.78 Å². The smallest absolute Gasteiger partial charge is 0.227 e. The lowest BCUT2D eigenvalue weighted by Crippen LogP contribution is -2.46. The fourth-order valence-corrected chi connectivity index (χ4v) is 4.94. The van der Waals surface area contributed by atoms with E-state index in [4.69, 9.17) is 0 Å². The second kappa shape index (κ2) is 11.4. The molecule has 0 saturated carbocycles. The lowest BCUT2D eigenvalue weighted by Gasteiger charge is -2.33. The number of sulfone groups is 1. The summed E-state index contributed by atoms with van der Waals surface area (Å²) in [6.45, 7) is 4.06. The van der Waals surface area contributed by atoms with Crippen molar-refractivity contribution in [1.82, 2.24) is 10.2 Å². The normalized spacial score (nSPS) is 17.3. The van der Waals surface area contributed by atoms with Gasteiger partial charge in [-0.05, 0) is 61.1 Å². The quantitative estimate of drug-likeness (QED) is 0.557. The van der Waals surface area contributed by atoms with Crippen LogP contribution in [-0.2, 0) is 14.6 Å². The monoisotopic (exact) mass is 494 g/mol. The van der Waals surface area contributed by atoms with Crippen molar-refractivity contribution in [2.24, 2.45) is 0 Å². The van der Waals surface area contributed by atoms with Gasteiger partial charge in [-0.3, -0.25) is 4.79 Å². The molecule has 6 nitrogen and oxygen atoms in total. The average Bonchev–Trinajstić information content (AvgIpc) is 2.80. The minimum atomic E-state index is -3.28. The van der Waals surface area contributed by atoms with E-state index in [1.54, 1.807) is 12.1 Å². The van der Waals surface area contributed by atoms with Gasteiger partial charge in [0.2, 0.25) is 5.91 Å². The molecule has 1 aliphatic heterocycles. The maximum absolute atomic E-state index is 13.4. The molecule has 186 valence electrons. The van der Waals surface area contributed by atoms with Gasteiger partial charge in [0.1, 0.15) is 0 Å². The number of aliphatic hydroxyl groups is 1. The largest absolute Gasteiger partial charge is 0.388 e. The fraction of sp³-hybridized carbons (Fsp3) is 0.480. The summed E-state index contributed by atoms with van der Waals surface area (Å²) in [6, 6.07) is 9.96. The van der Waals surface area contributed by atoms with Gasteiger partial charge < -0.3 is 15.3 Å². The second-order valence-corrected chi connectivity index (χ2v) is 10.9. The number of aliphatic hydroxyl groups excluding tert-OH is 1. The number of rotatable bonds is 9. The van der Waals surface area contributed by atoms with Crippen LogP contribution in [0.1, 0.15) is 55.8 Å². The number of hydrogen-bond acceptors (Lipinski definition) is 5. The first-order valence-corrected chi connectivity index (χ1v) is 13.4. The Labute approximate surface area is 199 Å². The van der Waals surface area contributed by atoms with Crippen molar-refractivity contribution in [1.29, 1.82) is 0 Å². The highest BCUT2D eigenvalue weighted by Gasteiger charge is 2.25. The first-order chi connectivity index (χ1) is 16.1. The molecule has 1 aliphatic rings.